The van der Waals surface area contributed by atoms with Gasteiger partial charge >= 0.3 is 5.97 Å². The molecule has 17 nitrogen and oxygen atoms in total. The first-order valence-corrected chi connectivity index (χ1v) is 20.2. The molecule has 0 amide bonds. The largest absolute Gasteiger partial charge is 0.432 e. The van der Waals surface area contributed by atoms with Gasteiger partial charge in [0.2, 0.25) is 6.29 Å². The zero-order valence-corrected chi connectivity index (χ0v) is 32.4. The van der Waals surface area contributed by atoms with E-state index in [9.17, 15) is 50.8 Å². The molecule has 0 aromatic rings. The maximum absolute atomic E-state index is 14.1. The molecular weight excluding hydrogens is 740 g/mol. The number of esters is 1. The summed E-state index contributed by atoms with van der Waals surface area (Å²) in [5.74, 6) is -0.477. The average Bonchev–Trinajstić information content (AvgIpc) is 3.94. The van der Waals surface area contributed by atoms with Crippen LogP contribution < -0.4 is 0 Å². The quantitative estimate of drug-likeness (QED) is 0.0430. The average molecular weight is 803 g/mol. The lowest BCUT2D eigenvalue weighted by atomic mass is 9.41. The molecule has 3 heterocycles. The monoisotopic (exact) mass is 802 g/mol. The van der Waals surface area contributed by atoms with Gasteiger partial charge in [-0.3, -0.25) is 4.79 Å². The number of fused-ring (bicyclic) bond motifs is 4. The van der Waals surface area contributed by atoms with Crippen LogP contribution in [-0.4, -0.2) is 170 Å². The lowest BCUT2D eigenvalue weighted by Crippen LogP contribution is -2.62. The molecular formula is C39H62O17. The van der Waals surface area contributed by atoms with E-state index in [4.69, 9.17) is 33.2 Å². The minimum atomic E-state index is -1.69. The summed E-state index contributed by atoms with van der Waals surface area (Å²) in [5, 5.41) is 92.8. The molecule has 20 atom stereocenters. The molecule has 3 saturated heterocycles. The Morgan fingerprint density at radius 1 is 0.857 bits per heavy atom. The second kappa shape index (κ2) is 15.9. The van der Waals surface area contributed by atoms with Gasteiger partial charge in [0, 0.05) is 0 Å². The fourth-order valence-corrected chi connectivity index (χ4v) is 11.8. The summed E-state index contributed by atoms with van der Waals surface area (Å²) in [6.45, 7) is 8.18. The first-order valence-electron chi connectivity index (χ1n) is 20.2. The van der Waals surface area contributed by atoms with E-state index >= 15 is 0 Å². The van der Waals surface area contributed by atoms with E-state index in [1.165, 1.54) is 6.92 Å². The van der Waals surface area contributed by atoms with E-state index in [-0.39, 0.29) is 35.9 Å². The zero-order chi connectivity index (χ0) is 40.5. The van der Waals surface area contributed by atoms with Crippen molar-refractivity contribution in [2.45, 2.75) is 170 Å². The first kappa shape index (κ1) is 42.7. The highest BCUT2D eigenvalue weighted by Gasteiger charge is 2.69. The predicted octanol–water partition coefficient (Wildman–Crippen LogP) is -1.25. The van der Waals surface area contributed by atoms with Crippen LogP contribution >= 0.6 is 0 Å². The Hall–Kier alpha value is -1.39. The number of hydrogen-bond donors (Lipinski definition) is 9. The fraction of sp³-hybridized carbons (Fsp3) is 0.923. The Bertz CT molecular complexity index is 1430. The molecule has 7 aliphatic rings. The highest BCUT2D eigenvalue weighted by atomic mass is 16.8. The Labute approximate surface area is 326 Å². The number of ether oxygens (including phenoxy) is 7. The van der Waals surface area contributed by atoms with Gasteiger partial charge in [-0.2, -0.15) is 0 Å². The van der Waals surface area contributed by atoms with Gasteiger partial charge in [0.1, 0.15) is 61.0 Å². The molecule has 7 fully saturated rings. The van der Waals surface area contributed by atoms with Crippen molar-refractivity contribution in [3.63, 3.8) is 0 Å². The Balaban J connectivity index is 1.04. The Morgan fingerprint density at radius 2 is 1.55 bits per heavy atom. The molecule has 12 unspecified atom stereocenters. The van der Waals surface area contributed by atoms with Crippen LogP contribution in [0.1, 0.15) is 78.6 Å². The molecule has 56 heavy (non-hydrogen) atoms. The third-order valence-corrected chi connectivity index (χ3v) is 14.8. The maximum Gasteiger partial charge on any atom is 0.314 e. The standard InChI is InChI=1S/C39H62O17/c1-18-12-38-10-6-24-36(3,8-5-9-37(24,4)35(49)55-34-28(47)27(46)26(45)21(14-41)51-34)25(38)7-11-39(18,17-38)56-32(20(44)13-40)53-23(19(2)43)16-50-33-29(48)31-30(54-31)22(15-42)52-33/h19-34,40-48H,1,5-17H2,2-4H3/t19-,20-,21?,22?,23?,24-,25-,26?,27?,28?,29?,30?,31?,32?,33?,34?,36+,37+,38+,39-/m0/s1. The van der Waals surface area contributed by atoms with Crippen LogP contribution in [0.15, 0.2) is 12.2 Å². The van der Waals surface area contributed by atoms with Crippen LogP contribution in [-0.2, 0) is 38.0 Å². The summed E-state index contributed by atoms with van der Waals surface area (Å²) < 4.78 is 41.1. The van der Waals surface area contributed by atoms with Crippen LogP contribution in [0.4, 0.5) is 0 Å². The smallest absolute Gasteiger partial charge is 0.314 e. The molecule has 7 rings (SSSR count). The van der Waals surface area contributed by atoms with Crippen LogP contribution in [0.25, 0.3) is 0 Å². The lowest BCUT2D eigenvalue weighted by molar-refractivity contribution is -0.300. The normalized spacial score (nSPS) is 49.2. The molecule has 320 valence electrons. The van der Waals surface area contributed by atoms with E-state index in [0.717, 1.165) is 31.3 Å². The van der Waals surface area contributed by atoms with Crippen molar-refractivity contribution < 1.29 is 83.9 Å². The van der Waals surface area contributed by atoms with Gasteiger partial charge in [-0.1, -0.05) is 19.9 Å². The van der Waals surface area contributed by atoms with Gasteiger partial charge in [0.25, 0.3) is 0 Å². The fourth-order valence-electron chi connectivity index (χ4n) is 11.8. The van der Waals surface area contributed by atoms with Gasteiger partial charge < -0.3 is 79.1 Å². The molecule has 4 aliphatic carbocycles. The molecule has 17 heteroatoms. The zero-order valence-electron chi connectivity index (χ0n) is 32.4. The second-order valence-corrected chi connectivity index (χ2v) is 18.1. The lowest BCUT2D eigenvalue weighted by Gasteiger charge is -2.64. The van der Waals surface area contributed by atoms with E-state index < -0.39 is 116 Å². The molecule has 9 N–H and O–H groups in total. The number of hydrogen-bond acceptors (Lipinski definition) is 17. The van der Waals surface area contributed by atoms with E-state index in [1.807, 2.05) is 6.92 Å². The van der Waals surface area contributed by atoms with Crippen LogP contribution in [0.5, 0.6) is 0 Å². The summed E-state index contributed by atoms with van der Waals surface area (Å²) in [7, 11) is 0. The number of epoxide rings is 1. The summed E-state index contributed by atoms with van der Waals surface area (Å²) in [6, 6.07) is 0. The van der Waals surface area contributed by atoms with Gasteiger partial charge in [0.05, 0.1) is 43.5 Å². The van der Waals surface area contributed by atoms with Gasteiger partial charge in [0.15, 0.2) is 12.6 Å². The summed E-state index contributed by atoms with van der Waals surface area (Å²) in [4.78, 5) is 14.1. The second-order valence-electron chi connectivity index (χ2n) is 18.1. The van der Waals surface area contributed by atoms with Crippen molar-refractivity contribution in [2.24, 2.45) is 28.1 Å². The van der Waals surface area contributed by atoms with Crippen molar-refractivity contribution in [1.29, 1.82) is 0 Å². The van der Waals surface area contributed by atoms with Crippen molar-refractivity contribution >= 4 is 5.97 Å². The summed E-state index contributed by atoms with van der Waals surface area (Å²) in [5.41, 5.74) is -1.53. The number of rotatable bonds is 14. The number of carbonyl (C=O) groups excluding carboxylic acids is 1. The van der Waals surface area contributed by atoms with E-state index in [2.05, 4.69) is 13.5 Å². The topological polar surface area (TPSA) is 267 Å². The molecule has 4 saturated carbocycles. The van der Waals surface area contributed by atoms with Crippen molar-refractivity contribution in [3.05, 3.63) is 12.2 Å². The molecule has 3 aliphatic heterocycles. The number of aliphatic hydroxyl groups is 9. The highest BCUT2D eigenvalue weighted by molar-refractivity contribution is 5.77. The highest BCUT2D eigenvalue weighted by Crippen LogP contribution is 2.73. The third kappa shape index (κ3) is 7.19. The summed E-state index contributed by atoms with van der Waals surface area (Å²) >= 11 is 0. The van der Waals surface area contributed by atoms with Crippen LogP contribution in [0.2, 0.25) is 0 Å². The van der Waals surface area contributed by atoms with Crippen molar-refractivity contribution in [3.8, 4) is 0 Å². The van der Waals surface area contributed by atoms with Gasteiger partial charge in [-0.25, -0.2) is 0 Å². The predicted molar refractivity (Wildman–Crippen MR) is 190 cm³/mol. The Morgan fingerprint density at radius 3 is 2.23 bits per heavy atom. The summed E-state index contributed by atoms with van der Waals surface area (Å²) in [6.07, 6.45) is -10.5. The van der Waals surface area contributed by atoms with Crippen molar-refractivity contribution in [2.75, 3.05) is 26.4 Å². The van der Waals surface area contributed by atoms with Crippen LogP contribution in [0, 0.1) is 28.1 Å². The van der Waals surface area contributed by atoms with Gasteiger partial charge in [-0.05, 0) is 93.5 Å². The maximum atomic E-state index is 14.1. The van der Waals surface area contributed by atoms with Crippen LogP contribution in [0.3, 0.4) is 0 Å². The first-order chi connectivity index (χ1) is 26.5. The minimum absolute atomic E-state index is 0.0881. The van der Waals surface area contributed by atoms with Gasteiger partial charge in [-0.15, -0.1) is 0 Å². The van der Waals surface area contributed by atoms with E-state index in [0.29, 0.717) is 32.1 Å². The number of aliphatic hydroxyl groups excluding tert-OH is 9. The third-order valence-electron chi connectivity index (χ3n) is 14.8. The number of carbonyl (C=O) groups is 1. The Kier molecular flexibility index (Phi) is 12.1. The molecule has 0 radical (unpaired) electrons. The minimum Gasteiger partial charge on any atom is -0.432 e. The molecule has 0 aromatic carbocycles. The molecule has 2 bridgehead atoms. The molecule has 1 spiro atoms. The van der Waals surface area contributed by atoms with Crippen molar-refractivity contribution in [1.82, 2.24) is 0 Å². The SMILES string of the molecule is C=C1C[C@@]23CC[C@H]4[C@@](C)(CCC[C@@]4(C)C(=O)OC4OC(CO)C(O)C(O)C4O)[C@@H]2CC[C@]1(OC(OC(COC1OC(CO)C2OC2C1O)[C@H](C)O)[C@@H](O)CO)C3. The van der Waals surface area contributed by atoms with E-state index in [1.54, 1.807) is 0 Å². The molecule has 0 aromatic heterocycles.